The zero-order valence-electron chi connectivity index (χ0n) is 7.48. The Balaban J connectivity index is 2.91. The third kappa shape index (κ3) is 10.9. The average Bonchev–Trinajstić information content (AvgIpc) is 2.16. The number of nitrogens with zero attached hydrogens (tertiary/aromatic N) is 2. The first-order chi connectivity index (χ1) is 6.41. The summed E-state index contributed by atoms with van der Waals surface area (Å²) in [5, 5.41) is 27.9. The lowest BCUT2D eigenvalue weighted by Crippen LogP contribution is -2.24. The Morgan fingerprint density at radius 3 is 1.77 bits per heavy atom. The summed E-state index contributed by atoms with van der Waals surface area (Å²) in [6.45, 7) is 2.87. The van der Waals surface area contributed by atoms with E-state index in [9.17, 15) is 0 Å². The van der Waals surface area contributed by atoms with E-state index in [0.717, 1.165) is 19.5 Å². The van der Waals surface area contributed by atoms with Crippen molar-refractivity contribution in [2.75, 3.05) is 26.2 Å². The predicted octanol–water partition coefficient (Wildman–Crippen LogP) is -0.524. The standard InChI is InChI=1S/C7H16N4O2/c12-10-6-4-8-2-1-3-9-5-7-11-13/h6-9,12-13H,1-5H2/b10-6+,11-7+. The minimum Gasteiger partial charge on any atom is -0.411 e. The van der Waals surface area contributed by atoms with Crippen LogP contribution in [0, 0.1) is 0 Å². The molecule has 0 atom stereocenters. The molecule has 0 aromatic rings. The molecule has 0 aliphatic carbocycles. The SMILES string of the molecule is O/N=C/CNCCCNC/C=N/O. The summed E-state index contributed by atoms with van der Waals surface area (Å²) in [7, 11) is 0. The van der Waals surface area contributed by atoms with E-state index in [4.69, 9.17) is 10.4 Å². The van der Waals surface area contributed by atoms with Crippen molar-refractivity contribution in [1.82, 2.24) is 10.6 Å². The highest BCUT2D eigenvalue weighted by Gasteiger charge is 1.86. The minimum atomic E-state index is 0.578. The smallest absolute Gasteiger partial charge is 0.0574 e. The molecule has 0 bridgehead atoms. The maximum absolute atomic E-state index is 8.04. The number of rotatable bonds is 8. The maximum atomic E-state index is 8.04. The lowest BCUT2D eigenvalue weighted by molar-refractivity contribution is 0.320. The summed E-state index contributed by atoms with van der Waals surface area (Å²) in [4.78, 5) is 0. The van der Waals surface area contributed by atoms with Gasteiger partial charge in [-0.25, -0.2) is 0 Å². The topological polar surface area (TPSA) is 89.2 Å². The fourth-order valence-electron chi connectivity index (χ4n) is 0.753. The molecule has 6 heteroatoms. The monoisotopic (exact) mass is 188 g/mol. The number of hydrogen-bond donors (Lipinski definition) is 4. The molecule has 0 fully saturated rings. The predicted molar refractivity (Wildman–Crippen MR) is 50.9 cm³/mol. The van der Waals surface area contributed by atoms with Gasteiger partial charge in [0.1, 0.15) is 0 Å². The zero-order chi connectivity index (χ0) is 9.78. The second-order valence-electron chi connectivity index (χ2n) is 2.36. The van der Waals surface area contributed by atoms with Gasteiger partial charge in [-0.15, -0.1) is 10.3 Å². The van der Waals surface area contributed by atoms with Crippen LogP contribution >= 0.6 is 0 Å². The third-order valence-corrected chi connectivity index (χ3v) is 1.34. The molecule has 0 amide bonds. The molecule has 4 N–H and O–H groups in total. The molecule has 0 saturated heterocycles. The number of oxime groups is 2. The second kappa shape index (κ2) is 10.9. The molecule has 0 heterocycles. The van der Waals surface area contributed by atoms with Crippen molar-refractivity contribution >= 4 is 12.4 Å². The first-order valence-electron chi connectivity index (χ1n) is 4.15. The zero-order valence-corrected chi connectivity index (χ0v) is 7.48. The van der Waals surface area contributed by atoms with Crippen LogP contribution in [-0.2, 0) is 0 Å². The van der Waals surface area contributed by atoms with E-state index in [-0.39, 0.29) is 0 Å². The van der Waals surface area contributed by atoms with Crippen LogP contribution in [0.25, 0.3) is 0 Å². The van der Waals surface area contributed by atoms with Gasteiger partial charge in [0.15, 0.2) is 0 Å². The Morgan fingerprint density at radius 1 is 0.923 bits per heavy atom. The van der Waals surface area contributed by atoms with Gasteiger partial charge in [0.05, 0.1) is 12.4 Å². The Hall–Kier alpha value is -1.14. The van der Waals surface area contributed by atoms with E-state index in [2.05, 4.69) is 20.9 Å². The highest BCUT2D eigenvalue weighted by molar-refractivity contribution is 5.58. The Labute approximate surface area is 77.3 Å². The lowest BCUT2D eigenvalue weighted by Gasteiger charge is -2.01. The van der Waals surface area contributed by atoms with Crippen molar-refractivity contribution in [3.05, 3.63) is 0 Å². The minimum absolute atomic E-state index is 0.578. The van der Waals surface area contributed by atoms with Crippen molar-refractivity contribution in [2.24, 2.45) is 10.3 Å². The van der Waals surface area contributed by atoms with E-state index >= 15 is 0 Å². The van der Waals surface area contributed by atoms with Gasteiger partial charge >= 0.3 is 0 Å². The van der Waals surface area contributed by atoms with Crippen LogP contribution in [0.15, 0.2) is 10.3 Å². The fraction of sp³-hybridized carbons (Fsp3) is 0.714. The quantitative estimate of drug-likeness (QED) is 0.178. The molecular formula is C7H16N4O2. The summed E-state index contributed by atoms with van der Waals surface area (Å²) >= 11 is 0. The maximum Gasteiger partial charge on any atom is 0.0574 e. The lowest BCUT2D eigenvalue weighted by atomic mass is 10.4. The molecule has 0 aliphatic rings. The van der Waals surface area contributed by atoms with Crippen LogP contribution in [0.3, 0.4) is 0 Å². The van der Waals surface area contributed by atoms with Crippen molar-refractivity contribution in [3.63, 3.8) is 0 Å². The molecule has 0 saturated carbocycles. The van der Waals surface area contributed by atoms with Gasteiger partial charge in [-0.05, 0) is 19.5 Å². The van der Waals surface area contributed by atoms with Crippen LogP contribution in [0.2, 0.25) is 0 Å². The van der Waals surface area contributed by atoms with Gasteiger partial charge < -0.3 is 21.0 Å². The molecule has 0 unspecified atom stereocenters. The molecule has 0 rings (SSSR count). The number of hydrogen-bond acceptors (Lipinski definition) is 6. The van der Waals surface area contributed by atoms with E-state index < -0.39 is 0 Å². The summed E-state index contributed by atoms with van der Waals surface area (Å²) in [6.07, 6.45) is 3.76. The molecule has 0 aromatic carbocycles. The van der Waals surface area contributed by atoms with Crippen LogP contribution in [0.1, 0.15) is 6.42 Å². The Kier molecular flexibility index (Phi) is 9.91. The molecule has 0 radical (unpaired) electrons. The first-order valence-corrected chi connectivity index (χ1v) is 4.15. The second-order valence-corrected chi connectivity index (χ2v) is 2.36. The third-order valence-electron chi connectivity index (χ3n) is 1.34. The van der Waals surface area contributed by atoms with Crippen LogP contribution < -0.4 is 10.6 Å². The van der Waals surface area contributed by atoms with E-state index in [1.165, 1.54) is 12.4 Å². The van der Waals surface area contributed by atoms with Gasteiger partial charge in [-0.3, -0.25) is 0 Å². The molecular weight excluding hydrogens is 172 g/mol. The van der Waals surface area contributed by atoms with Crippen molar-refractivity contribution in [1.29, 1.82) is 0 Å². The summed E-state index contributed by atoms with van der Waals surface area (Å²) in [5.41, 5.74) is 0. The van der Waals surface area contributed by atoms with Gasteiger partial charge in [0, 0.05) is 13.1 Å². The van der Waals surface area contributed by atoms with Gasteiger partial charge in [0.2, 0.25) is 0 Å². The first kappa shape index (κ1) is 11.9. The van der Waals surface area contributed by atoms with Crippen LogP contribution in [-0.4, -0.2) is 49.0 Å². The normalized spacial score (nSPS) is 11.7. The van der Waals surface area contributed by atoms with E-state index in [1.54, 1.807) is 0 Å². The van der Waals surface area contributed by atoms with E-state index in [1.807, 2.05) is 0 Å². The van der Waals surface area contributed by atoms with Crippen molar-refractivity contribution in [3.8, 4) is 0 Å². The number of nitrogens with one attached hydrogen (secondary N) is 2. The average molecular weight is 188 g/mol. The van der Waals surface area contributed by atoms with E-state index in [0.29, 0.717) is 13.1 Å². The molecule has 0 spiro atoms. The highest BCUT2D eigenvalue weighted by Crippen LogP contribution is 1.71. The summed E-state index contributed by atoms with van der Waals surface area (Å²) in [5.74, 6) is 0. The largest absolute Gasteiger partial charge is 0.411 e. The van der Waals surface area contributed by atoms with Crippen molar-refractivity contribution in [2.45, 2.75) is 6.42 Å². The summed E-state index contributed by atoms with van der Waals surface area (Å²) < 4.78 is 0. The van der Waals surface area contributed by atoms with Gasteiger partial charge in [0.25, 0.3) is 0 Å². The Morgan fingerprint density at radius 2 is 1.38 bits per heavy atom. The molecule has 76 valence electrons. The summed E-state index contributed by atoms with van der Waals surface area (Å²) in [6, 6.07) is 0. The highest BCUT2D eigenvalue weighted by atomic mass is 16.4. The molecule has 6 nitrogen and oxygen atoms in total. The van der Waals surface area contributed by atoms with Gasteiger partial charge in [-0.2, -0.15) is 0 Å². The van der Waals surface area contributed by atoms with Crippen LogP contribution in [0.4, 0.5) is 0 Å². The van der Waals surface area contributed by atoms with Crippen LogP contribution in [0.5, 0.6) is 0 Å². The Bertz CT molecular complexity index is 133. The molecule has 0 aromatic heterocycles. The fourth-order valence-corrected chi connectivity index (χ4v) is 0.753. The van der Waals surface area contributed by atoms with Gasteiger partial charge in [-0.1, -0.05) is 0 Å². The molecule has 13 heavy (non-hydrogen) atoms. The van der Waals surface area contributed by atoms with Crippen molar-refractivity contribution < 1.29 is 10.4 Å². The molecule has 0 aliphatic heterocycles.